The number of phenols is 1. The Morgan fingerprint density at radius 1 is 0.404 bits per heavy atom. The zero-order chi connectivity index (χ0) is 36.6. The number of aryl methyl sites for hydroxylation is 3. The summed E-state index contributed by atoms with van der Waals surface area (Å²) >= 11 is 0. The van der Waals surface area contributed by atoms with E-state index in [2.05, 4.69) is 118 Å². The molecular weight excluding hydrogens is 641 g/mol. The van der Waals surface area contributed by atoms with Gasteiger partial charge in [0.05, 0.1) is 18.3 Å². The minimum absolute atomic E-state index is 0.0134. The van der Waals surface area contributed by atoms with E-state index < -0.39 is 0 Å². The van der Waals surface area contributed by atoms with Crippen LogP contribution in [0.1, 0.15) is 112 Å². The molecule has 0 bridgehead atoms. The molecule has 0 aliphatic heterocycles. The largest absolute Gasteiger partial charge is 0.508 e. The summed E-state index contributed by atoms with van der Waals surface area (Å²) in [5.74, 6) is 0.358. The van der Waals surface area contributed by atoms with E-state index in [1.54, 1.807) is 0 Å². The Morgan fingerprint density at radius 2 is 0.769 bits per heavy atom. The maximum absolute atomic E-state index is 11.2. The summed E-state index contributed by atoms with van der Waals surface area (Å²) in [7, 11) is 0. The van der Waals surface area contributed by atoms with E-state index in [0.717, 1.165) is 89.6 Å². The van der Waals surface area contributed by atoms with Crippen molar-refractivity contribution < 1.29 is 19.3 Å². The standard InChI is InChI=1S/C48H66O4/c1-39(50-33-19-7-16-28-42-22-10-4-11-23-42)36-45-31-32-48(49)47(38-41(3)52-35-21-9-18-30-44-26-14-6-15-27-44)46(45)37-40(2)51-34-20-8-17-29-43-24-12-5-13-25-43/h4-6,10-15,22-27,31-32,39-41,49H,7-9,16-21,28-30,33-38H2,1-3H3. The van der Waals surface area contributed by atoms with Gasteiger partial charge in [-0.15, -0.1) is 0 Å². The van der Waals surface area contributed by atoms with Gasteiger partial charge in [-0.25, -0.2) is 0 Å². The number of ether oxygens (including phenoxy) is 3. The molecule has 4 aromatic carbocycles. The van der Waals surface area contributed by atoms with Crippen LogP contribution in [-0.2, 0) is 52.7 Å². The summed E-state index contributed by atoms with van der Waals surface area (Å²) in [4.78, 5) is 0. The molecule has 4 nitrogen and oxygen atoms in total. The highest BCUT2D eigenvalue weighted by molar-refractivity contribution is 5.45. The fourth-order valence-corrected chi connectivity index (χ4v) is 7.08. The van der Waals surface area contributed by atoms with Gasteiger partial charge in [-0.1, -0.05) is 116 Å². The lowest BCUT2D eigenvalue weighted by Gasteiger charge is -2.24. The molecule has 4 heteroatoms. The lowest BCUT2D eigenvalue weighted by molar-refractivity contribution is 0.0575. The second-order valence-electron chi connectivity index (χ2n) is 14.7. The number of aromatic hydroxyl groups is 1. The molecule has 0 radical (unpaired) electrons. The molecule has 52 heavy (non-hydrogen) atoms. The molecular formula is C48H66O4. The normalized spacial score (nSPS) is 13.2. The van der Waals surface area contributed by atoms with Crippen LogP contribution < -0.4 is 0 Å². The zero-order valence-corrected chi connectivity index (χ0v) is 32.4. The Bertz CT molecular complexity index is 1470. The molecule has 0 fully saturated rings. The second-order valence-corrected chi connectivity index (χ2v) is 14.7. The molecule has 0 aliphatic carbocycles. The highest BCUT2D eigenvalue weighted by Crippen LogP contribution is 2.30. The maximum Gasteiger partial charge on any atom is 0.119 e. The molecule has 0 saturated heterocycles. The summed E-state index contributed by atoms with van der Waals surface area (Å²) < 4.78 is 19.0. The summed E-state index contributed by atoms with van der Waals surface area (Å²) in [5.41, 5.74) is 7.67. The second kappa shape index (κ2) is 24.7. The minimum Gasteiger partial charge on any atom is -0.508 e. The average Bonchev–Trinajstić information content (AvgIpc) is 3.16. The van der Waals surface area contributed by atoms with Crippen LogP contribution in [-0.4, -0.2) is 43.2 Å². The summed E-state index contributed by atoms with van der Waals surface area (Å²) in [5, 5.41) is 11.2. The van der Waals surface area contributed by atoms with Crippen molar-refractivity contribution in [1.29, 1.82) is 0 Å². The Hall–Kier alpha value is -3.44. The van der Waals surface area contributed by atoms with E-state index in [1.807, 2.05) is 6.07 Å². The van der Waals surface area contributed by atoms with Gasteiger partial charge in [0.1, 0.15) is 5.75 Å². The first-order chi connectivity index (χ1) is 25.5. The van der Waals surface area contributed by atoms with Gasteiger partial charge in [0.2, 0.25) is 0 Å². The Morgan fingerprint density at radius 3 is 1.17 bits per heavy atom. The van der Waals surface area contributed by atoms with Gasteiger partial charge in [0.15, 0.2) is 0 Å². The molecule has 0 spiro atoms. The molecule has 0 aliphatic rings. The number of benzene rings is 4. The van der Waals surface area contributed by atoms with Gasteiger partial charge in [0, 0.05) is 26.2 Å². The molecule has 3 atom stereocenters. The summed E-state index contributed by atoms with van der Waals surface area (Å²) in [6.45, 7) is 8.76. The van der Waals surface area contributed by atoms with Gasteiger partial charge < -0.3 is 19.3 Å². The van der Waals surface area contributed by atoms with Gasteiger partial charge in [-0.05, 0) is 131 Å². The fraction of sp³-hybridized carbons (Fsp3) is 0.500. The van der Waals surface area contributed by atoms with Crippen molar-refractivity contribution in [3.8, 4) is 5.75 Å². The van der Waals surface area contributed by atoms with Gasteiger partial charge in [0.25, 0.3) is 0 Å². The van der Waals surface area contributed by atoms with Crippen molar-refractivity contribution in [2.45, 2.75) is 135 Å². The predicted octanol–water partition coefficient (Wildman–Crippen LogP) is 11.5. The van der Waals surface area contributed by atoms with Crippen molar-refractivity contribution in [2.24, 2.45) is 0 Å². The van der Waals surface area contributed by atoms with Crippen LogP contribution in [0.25, 0.3) is 0 Å². The van der Waals surface area contributed by atoms with Crippen molar-refractivity contribution in [3.63, 3.8) is 0 Å². The first-order valence-corrected chi connectivity index (χ1v) is 20.3. The van der Waals surface area contributed by atoms with Gasteiger partial charge in [-0.2, -0.15) is 0 Å². The molecule has 3 unspecified atom stereocenters. The van der Waals surface area contributed by atoms with E-state index in [0.29, 0.717) is 12.2 Å². The van der Waals surface area contributed by atoms with E-state index in [9.17, 15) is 5.11 Å². The monoisotopic (exact) mass is 706 g/mol. The third-order valence-electron chi connectivity index (χ3n) is 10.1. The summed E-state index contributed by atoms with van der Waals surface area (Å²) in [6, 6.07) is 36.2. The summed E-state index contributed by atoms with van der Waals surface area (Å²) in [6.07, 6.45) is 16.0. The highest BCUT2D eigenvalue weighted by Gasteiger charge is 2.20. The molecule has 0 saturated carbocycles. The molecule has 4 rings (SSSR count). The molecule has 0 aromatic heterocycles. The number of hydrogen-bond donors (Lipinski definition) is 1. The Kier molecular flexibility index (Phi) is 19.7. The third-order valence-corrected chi connectivity index (χ3v) is 10.1. The van der Waals surface area contributed by atoms with Crippen LogP contribution in [0.3, 0.4) is 0 Å². The predicted molar refractivity (Wildman–Crippen MR) is 217 cm³/mol. The lowest BCUT2D eigenvalue weighted by atomic mass is 9.90. The number of unbranched alkanes of at least 4 members (excludes halogenated alkanes) is 6. The van der Waals surface area contributed by atoms with E-state index in [-0.39, 0.29) is 18.3 Å². The Balaban J connectivity index is 1.27. The quantitative estimate of drug-likeness (QED) is 0.0627. The average molecular weight is 707 g/mol. The molecule has 0 heterocycles. The first-order valence-electron chi connectivity index (χ1n) is 20.3. The molecule has 0 amide bonds. The van der Waals surface area contributed by atoms with Crippen molar-refractivity contribution in [2.75, 3.05) is 19.8 Å². The van der Waals surface area contributed by atoms with Crippen LogP contribution in [0.5, 0.6) is 5.75 Å². The maximum atomic E-state index is 11.2. The van der Waals surface area contributed by atoms with Gasteiger partial charge in [-0.3, -0.25) is 0 Å². The highest BCUT2D eigenvalue weighted by atomic mass is 16.5. The first kappa shape index (κ1) is 41.3. The Labute approximate surface area is 315 Å². The van der Waals surface area contributed by atoms with Gasteiger partial charge >= 0.3 is 0 Å². The fourth-order valence-electron chi connectivity index (χ4n) is 7.08. The molecule has 4 aromatic rings. The van der Waals surface area contributed by atoms with E-state index in [1.165, 1.54) is 53.5 Å². The number of phenolic OH excluding ortho intramolecular Hbond substituents is 1. The minimum atomic E-state index is 0.0134. The number of rotatable bonds is 27. The van der Waals surface area contributed by atoms with Crippen LogP contribution in [0.15, 0.2) is 103 Å². The molecule has 1 N–H and O–H groups in total. The molecule has 282 valence electrons. The van der Waals surface area contributed by atoms with Crippen LogP contribution in [0, 0.1) is 0 Å². The van der Waals surface area contributed by atoms with Crippen molar-refractivity contribution in [3.05, 3.63) is 137 Å². The van der Waals surface area contributed by atoms with Crippen LogP contribution >= 0.6 is 0 Å². The lowest BCUT2D eigenvalue weighted by Crippen LogP contribution is -2.20. The topological polar surface area (TPSA) is 47.9 Å². The smallest absolute Gasteiger partial charge is 0.119 e. The van der Waals surface area contributed by atoms with Crippen LogP contribution in [0.4, 0.5) is 0 Å². The zero-order valence-electron chi connectivity index (χ0n) is 32.4. The van der Waals surface area contributed by atoms with E-state index in [4.69, 9.17) is 14.2 Å². The van der Waals surface area contributed by atoms with Crippen LogP contribution in [0.2, 0.25) is 0 Å². The SMILES string of the molecule is CC(Cc1ccc(O)c(CC(C)OCCCCCc2ccccc2)c1CC(C)OCCCCCc1ccccc1)OCCCCCc1ccccc1. The third kappa shape index (κ3) is 16.5. The van der Waals surface area contributed by atoms with Crippen molar-refractivity contribution in [1.82, 2.24) is 0 Å². The van der Waals surface area contributed by atoms with E-state index >= 15 is 0 Å². The number of hydrogen-bond acceptors (Lipinski definition) is 4. The van der Waals surface area contributed by atoms with Crippen molar-refractivity contribution >= 4 is 0 Å².